The molecule has 0 unspecified atom stereocenters. The van der Waals surface area contributed by atoms with Gasteiger partial charge in [0.1, 0.15) is 17.3 Å². The Balaban J connectivity index is 1.48. The molecule has 0 fully saturated rings. The van der Waals surface area contributed by atoms with Gasteiger partial charge in [0, 0.05) is 34.5 Å². The predicted octanol–water partition coefficient (Wildman–Crippen LogP) is 4.82. The zero-order chi connectivity index (χ0) is 25.8. The van der Waals surface area contributed by atoms with E-state index < -0.39 is 0 Å². The number of carbonyl (C=O) groups excluding carboxylic acids is 2. The number of ether oxygens (including phenoxy) is 1. The Morgan fingerprint density at radius 1 is 1.19 bits per heavy atom. The van der Waals surface area contributed by atoms with Crippen LogP contribution in [0, 0.1) is 0 Å². The Hall–Kier alpha value is -3.80. The first-order valence-corrected chi connectivity index (χ1v) is 13.3. The first-order chi connectivity index (χ1) is 18.0. The Morgan fingerprint density at radius 2 is 2.08 bits per heavy atom. The molecule has 1 N–H and O–H groups in total. The predicted molar refractivity (Wildman–Crippen MR) is 144 cm³/mol. The Kier molecular flexibility index (Phi) is 7.45. The molecule has 37 heavy (non-hydrogen) atoms. The van der Waals surface area contributed by atoms with E-state index in [0.29, 0.717) is 51.5 Å². The second-order valence-electron chi connectivity index (χ2n) is 7.98. The van der Waals surface area contributed by atoms with E-state index in [-0.39, 0.29) is 18.2 Å². The number of nitrogens with zero attached hydrogens (tertiary/aromatic N) is 5. The van der Waals surface area contributed by atoms with Crippen LogP contribution in [0.3, 0.4) is 0 Å². The number of anilines is 1. The van der Waals surface area contributed by atoms with Crippen LogP contribution >= 0.6 is 34.3 Å². The number of nitrogens with one attached hydrogen (secondary N) is 1. The van der Waals surface area contributed by atoms with Crippen LogP contribution in [0.1, 0.15) is 31.3 Å². The Bertz CT molecular complexity index is 1480. The molecule has 0 bridgehead atoms. The topological polar surface area (TPSA) is 102 Å². The minimum absolute atomic E-state index is 0.0901. The van der Waals surface area contributed by atoms with Gasteiger partial charge in [0.15, 0.2) is 5.78 Å². The monoisotopic (exact) mass is 552 g/mol. The number of carbonyl (C=O) groups is 2. The van der Waals surface area contributed by atoms with E-state index in [2.05, 4.69) is 20.6 Å². The van der Waals surface area contributed by atoms with Gasteiger partial charge in [-0.05, 0) is 35.7 Å². The van der Waals surface area contributed by atoms with Crippen LogP contribution in [-0.4, -0.2) is 56.8 Å². The molecule has 0 atom stereocenters. The normalized spacial score (nSPS) is 13.2. The van der Waals surface area contributed by atoms with Crippen LogP contribution in [0.4, 0.5) is 5.82 Å². The molecule has 0 radical (unpaired) electrons. The maximum Gasteiger partial charge on any atom is 0.280 e. The Morgan fingerprint density at radius 3 is 2.78 bits per heavy atom. The molecule has 12 heteroatoms. The van der Waals surface area contributed by atoms with Gasteiger partial charge in [-0.2, -0.15) is 31.3 Å². The largest absolute Gasteiger partial charge is 0.497 e. The third kappa shape index (κ3) is 5.63. The number of ketones is 1. The molecule has 4 aromatic heterocycles. The SMILES string of the molecule is COC1=CCN(CC(=O)c2ccnnc2)C(c2cc(NCc3ccc(Cl)s3)n(C(=O)c3ccsc3)n2)=C1. The van der Waals surface area contributed by atoms with Crippen LogP contribution in [0.25, 0.3) is 5.70 Å². The van der Waals surface area contributed by atoms with Gasteiger partial charge in [0.25, 0.3) is 5.91 Å². The van der Waals surface area contributed by atoms with Gasteiger partial charge >= 0.3 is 0 Å². The molecule has 9 nitrogen and oxygen atoms in total. The number of aromatic nitrogens is 4. The summed E-state index contributed by atoms with van der Waals surface area (Å²) in [5.41, 5.74) is 2.19. The third-order valence-electron chi connectivity index (χ3n) is 5.61. The number of halogens is 1. The summed E-state index contributed by atoms with van der Waals surface area (Å²) in [5.74, 6) is 0.792. The van der Waals surface area contributed by atoms with E-state index in [9.17, 15) is 9.59 Å². The van der Waals surface area contributed by atoms with Gasteiger partial charge in [-0.3, -0.25) is 9.59 Å². The van der Waals surface area contributed by atoms with Crippen molar-refractivity contribution in [2.45, 2.75) is 6.54 Å². The van der Waals surface area contributed by atoms with Crippen molar-refractivity contribution in [2.24, 2.45) is 0 Å². The Labute approximate surface area is 225 Å². The summed E-state index contributed by atoms with van der Waals surface area (Å²) in [6, 6.07) is 8.96. The highest BCUT2D eigenvalue weighted by atomic mass is 35.5. The van der Waals surface area contributed by atoms with E-state index in [4.69, 9.17) is 16.3 Å². The summed E-state index contributed by atoms with van der Waals surface area (Å²) in [7, 11) is 1.58. The summed E-state index contributed by atoms with van der Waals surface area (Å²) >= 11 is 8.98. The minimum Gasteiger partial charge on any atom is -0.497 e. The second-order valence-corrected chi connectivity index (χ2v) is 10.6. The first kappa shape index (κ1) is 24.9. The fourth-order valence-corrected chi connectivity index (χ4v) is 5.41. The zero-order valence-electron chi connectivity index (χ0n) is 19.6. The number of hydrogen-bond acceptors (Lipinski definition) is 10. The lowest BCUT2D eigenvalue weighted by Crippen LogP contribution is -2.31. The van der Waals surface area contributed by atoms with Gasteiger partial charge in [0.05, 0.1) is 48.2 Å². The highest BCUT2D eigenvalue weighted by molar-refractivity contribution is 7.16. The van der Waals surface area contributed by atoms with E-state index in [1.807, 2.05) is 34.6 Å². The third-order valence-corrected chi connectivity index (χ3v) is 7.53. The molecule has 5 rings (SSSR count). The van der Waals surface area contributed by atoms with E-state index >= 15 is 0 Å². The number of rotatable bonds is 9. The van der Waals surface area contributed by atoms with E-state index in [1.54, 1.807) is 30.7 Å². The molecule has 1 aliphatic heterocycles. The molecule has 4 aromatic rings. The van der Waals surface area contributed by atoms with Crippen molar-refractivity contribution < 1.29 is 14.3 Å². The number of hydrogen-bond donors (Lipinski definition) is 1. The van der Waals surface area contributed by atoms with Crippen molar-refractivity contribution in [3.63, 3.8) is 0 Å². The van der Waals surface area contributed by atoms with Gasteiger partial charge < -0.3 is 15.0 Å². The molecule has 0 aliphatic carbocycles. The summed E-state index contributed by atoms with van der Waals surface area (Å²) in [6.45, 7) is 0.993. The van der Waals surface area contributed by atoms with E-state index in [0.717, 1.165) is 4.88 Å². The van der Waals surface area contributed by atoms with Crippen molar-refractivity contribution in [2.75, 3.05) is 25.5 Å². The zero-order valence-corrected chi connectivity index (χ0v) is 22.0. The van der Waals surface area contributed by atoms with Gasteiger partial charge in [-0.1, -0.05) is 11.6 Å². The number of methoxy groups -OCH3 is 1. The highest BCUT2D eigenvalue weighted by Crippen LogP contribution is 2.29. The molecule has 0 amide bonds. The van der Waals surface area contributed by atoms with Crippen molar-refractivity contribution in [1.29, 1.82) is 0 Å². The minimum atomic E-state index is -0.261. The molecule has 0 aromatic carbocycles. The molecule has 1 aliphatic rings. The summed E-state index contributed by atoms with van der Waals surface area (Å²) in [5, 5.41) is 19.2. The second kappa shape index (κ2) is 11.1. The quantitative estimate of drug-likeness (QED) is 0.295. The number of allylic oxidation sites excluding steroid dienone is 1. The molecular weight excluding hydrogens is 532 g/mol. The van der Waals surface area contributed by atoms with Crippen molar-refractivity contribution in [3.05, 3.63) is 97.4 Å². The molecule has 188 valence electrons. The van der Waals surface area contributed by atoms with Gasteiger partial charge in [-0.25, -0.2) is 0 Å². The lowest BCUT2D eigenvalue weighted by atomic mass is 10.1. The molecule has 0 spiro atoms. The van der Waals surface area contributed by atoms with Gasteiger partial charge in [-0.15, -0.1) is 11.3 Å². The molecule has 0 saturated carbocycles. The van der Waals surface area contributed by atoms with Crippen LogP contribution in [-0.2, 0) is 11.3 Å². The van der Waals surface area contributed by atoms with Crippen LogP contribution in [0.15, 0.2) is 71.4 Å². The first-order valence-electron chi connectivity index (χ1n) is 11.2. The van der Waals surface area contributed by atoms with Crippen molar-refractivity contribution in [3.8, 4) is 0 Å². The summed E-state index contributed by atoms with van der Waals surface area (Å²) in [4.78, 5) is 29.2. The summed E-state index contributed by atoms with van der Waals surface area (Å²) < 4.78 is 7.50. The lowest BCUT2D eigenvalue weighted by Gasteiger charge is -2.28. The average molecular weight is 553 g/mol. The van der Waals surface area contributed by atoms with Crippen LogP contribution < -0.4 is 5.32 Å². The summed E-state index contributed by atoms with van der Waals surface area (Å²) in [6.07, 6.45) is 6.62. The van der Waals surface area contributed by atoms with Crippen LogP contribution in [0.5, 0.6) is 0 Å². The average Bonchev–Trinajstić information content (AvgIpc) is 3.69. The number of Topliss-reactive ketones (excluding diaryl/α,β-unsaturated/α-hetero) is 1. The smallest absolute Gasteiger partial charge is 0.280 e. The molecule has 5 heterocycles. The maximum absolute atomic E-state index is 13.3. The van der Waals surface area contributed by atoms with Crippen LogP contribution in [0.2, 0.25) is 4.34 Å². The van der Waals surface area contributed by atoms with E-state index in [1.165, 1.54) is 39.7 Å². The fourth-order valence-electron chi connectivity index (χ4n) is 3.75. The van der Waals surface area contributed by atoms with Crippen molar-refractivity contribution in [1.82, 2.24) is 24.9 Å². The maximum atomic E-state index is 13.3. The fraction of sp³-hybridized carbons (Fsp3) is 0.160. The number of thiophene rings is 2. The molecular formula is C25H21ClN6O3S2. The highest BCUT2D eigenvalue weighted by Gasteiger charge is 2.25. The molecule has 0 saturated heterocycles. The van der Waals surface area contributed by atoms with Gasteiger partial charge in [0.2, 0.25) is 0 Å². The van der Waals surface area contributed by atoms with Crippen molar-refractivity contribution >= 4 is 57.5 Å². The standard InChI is InChI=1S/C25H21ClN6O3S2/c1-35-18-5-8-31(14-22(33)16-4-7-28-29-12-16)21(10-18)20-11-24(27-13-19-2-3-23(26)37-19)32(30-20)25(34)17-6-9-36-15-17/h2-7,9-12,15,27H,8,13-14H2,1H3. The lowest BCUT2D eigenvalue weighted by molar-refractivity contribution is 0.0942.